The molecule has 0 aliphatic rings. The maximum Gasteiger partial charge on any atom is 0.0483 e. The molecule has 17 heavy (non-hydrogen) atoms. The van der Waals surface area contributed by atoms with Gasteiger partial charge in [0.25, 0.3) is 0 Å². The van der Waals surface area contributed by atoms with E-state index in [1.54, 1.807) is 0 Å². The van der Waals surface area contributed by atoms with Crippen LogP contribution in [0.4, 0.5) is 0 Å². The summed E-state index contributed by atoms with van der Waals surface area (Å²) in [5.41, 5.74) is 2.59. The summed E-state index contributed by atoms with van der Waals surface area (Å²) in [6, 6.07) is 19.1. The van der Waals surface area contributed by atoms with Gasteiger partial charge >= 0.3 is 0 Å². The Morgan fingerprint density at radius 1 is 0.941 bits per heavy atom. The lowest BCUT2D eigenvalue weighted by Crippen LogP contribution is -1.97. The average molecular weight is 286 g/mol. The van der Waals surface area contributed by atoms with Crippen molar-refractivity contribution in [3.8, 4) is 0 Å². The van der Waals surface area contributed by atoms with Gasteiger partial charge < -0.3 is 4.57 Å². The molecule has 1 aromatic heterocycles. The highest BCUT2D eigenvalue weighted by atomic mass is 79.9. The first-order valence-corrected chi connectivity index (χ1v) is 6.40. The number of hydrogen-bond donors (Lipinski definition) is 0. The minimum atomic E-state index is 0.910. The number of hydrogen-bond acceptors (Lipinski definition) is 0. The van der Waals surface area contributed by atoms with Crippen LogP contribution in [0.2, 0.25) is 0 Å². The molecular formula is C15H12BrN. The molecule has 0 aliphatic heterocycles. The van der Waals surface area contributed by atoms with E-state index in [-0.39, 0.29) is 0 Å². The second-order valence-corrected chi connectivity index (χ2v) is 5.05. The standard InChI is InChI=1S/C15H12BrN/c16-14-6-3-4-12(10-14)11-17-9-8-13-5-1-2-7-15(13)17/h1-10H,11H2. The van der Waals surface area contributed by atoms with Crippen molar-refractivity contribution in [2.75, 3.05) is 0 Å². The van der Waals surface area contributed by atoms with Crippen LogP contribution in [-0.2, 0) is 6.54 Å². The molecule has 0 saturated carbocycles. The molecule has 0 radical (unpaired) electrons. The van der Waals surface area contributed by atoms with Crippen molar-refractivity contribution in [2.45, 2.75) is 6.54 Å². The molecule has 0 aliphatic carbocycles. The van der Waals surface area contributed by atoms with E-state index in [9.17, 15) is 0 Å². The summed E-state index contributed by atoms with van der Waals surface area (Å²) in [6.07, 6.45) is 2.14. The molecule has 0 saturated heterocycles. The zero-order valence-corrected chi connectivity index (χ0v) is 10.9. The second kappa shape index (κ2) is 4.38. The highest BCUT2D eigenvalue weighted by Gasteiger charge is 2.01. The fourth-order valence-corrected chi connectivity index (χ4v) is 2.56. The van der Waals surface area contributed by atoms with Crippen molar-refractivity contribution in [3.63, 3.8) is 0 Å². The van der Waals surface area contributed by atoms with E-state index in [4.69, 9.17) is 0 Å². The molecule has 3 aromatic rings. The minimum Gasteiger partial charge on any atom is -0.343 e. The zero-order chi connectivity index (χ0) is 11.7. The fourth-order valence-electron chi connectivity index (χ4n) is 2.11. The van der Waals surface area contributed by atoms with Crippen LogP contribution in [0.1, 0.15) is 5.56 Å². The predicted octanol–water partition coefficient (Wildman–Crippen LogP) is 4.45. The number of fused-ring (bicyclic) bond motifs is 1. The van der Waals surface area contributed by atoms with Crippen LogP contribution in [0.5, 0.6) is 0 Å². The van der Waals surface area contributed by atoms with Gasteiger partial charge in [-0.15, -0.1) is 0 Å². The van der Waals surface area contributed by atoms with Crippen molar-refractivity contribution in [1.29, 1.82) is 0 Å². The van der Waals surface area contributed by atoms with Gasteiger partial charge in [0.15, 0.2) is 0 Å². The van der Waals surface area contributed by atoms with Crippen molar-refractivity contribution in [1.82, 2.24) is 4.57 Å². The van der Waals surface area contributed by atoms with Crippen LogP contribution < -0.4 is 0 Å². The van der Waals surface area contributed by atoms with E-state index in [1.807, 2.05) is 0 Å². The molecule has 0 unspecified atom stereocenters. The summed E-state index contributed by atoms with van der Waals surface area (Å²) in [4.78, 5) is 0. The molecule has 2 heteroatoms. The number of halogens is 1. The van der Waals surface area contributed by atoms with E-state index >= 15 is 0 Å². The molecule has 1 nitrogen and oxygen atoms in total. The molecule has 0 spiro atoms. The Morgan fingerprint density at radius 2 is 1.82 bits per heavy atom. The Labute approximate surface area is 109 Å². The highest BCUT2D eigenvalue weighted by molar-refractivity contribution is 9.10. The lowest BCUT2D eigenvalue weighted by molar-refractivity contribution is 0.836. The Bertz CT molecular complexity index is 655. The smallest absolute Gasteiger partial charge is 0.0483 e. The topological polar surface area (TPSA) is 4.93 Å². The summed E-state index contributed by atoms with van der Waals surface area (Å²) >= 11 is 3.51. The summed E-state index contributed by atoms with van der Waals surface area (Å²) in [6.45, 7) is 0.910. The first-order valence-electron chi connectivity index (χ1n) is 5.61. The van der Waals surface area contributed by atoms with E-state index in [0.717, 1.165) is 11.0 Å². The van der Waals surface area contributed by atoms with E-state index in [2.05, 4.69) is 81.3 Å². The Hall–Kier alpha value is -1.54. The maximum absolute atomic E-state index is 3.51. The normalized spacial score (nSPS) is 10.9. The second-order valence-electron chi connectivity index (χ2n) is 4.13. The van der Waals surface area contributed by atoms with Crippen molar-refractivity contribution >= 4 is 26.8 Å². The van der Waals surface area contributed by atoms with E-state index < -0.39 is 0 Å². The number of rotatable bonds is 2. The Kier molecular flexibility index (Phi) is 2.73. The molecule has 84 valence electrons. The average Bonchev–Trinajstić information content (AvgIpc) is 2.73. The Balaban J connectivity index is 2.00. The van der Waals surface area contributed by atoms with Gasteiger partial charge in [-0.25, -0.2) is 0 Å². The van der Waals surface area contributed by atoms with E-state index in [1.165, 1.54) is 16.5 Å². The lowest BCUT2D eigenvalue weighted by atomic mass is 10.2. The lowest BCUT2D eigenvalue weighted by Gasteiger charge is -2.06. The van der Waals surface area contributed by atoms with Gasteiger partial charge in [0.1, 0.15) is 0 Å². The first-order chi connectivity index (χ1) is 8.33. The van der Waals surface area contributed by atoms with Gasteiger partial charge in [-0.1, -0.05) is 46.3 Å². The quantitative estimate of drug-likeness (QED) is 0.656. The van der Waals surface area contributed by atoms with Crippen LogP contribution in [0, 0.1) is 0 Å². The molecule has 3 rings (SSSR count). The van der Waals surface area contributed by atoms with Crippen LogP contribution in [0.15, 0.2) is 65.3 Å². The zero-order valence-electron chi connectivity index (χ0n) is 9.31. The minimum absolute atomic E-state index is 0.910. The highest BCUT2D eigenvalue weighted by Crippen LogP contribution is 2.18. The third kappa shape index (κ3) is 2.13. The SMILES string of the molecule is Brc1cccc(Cn2ccc3ccccc32)c1. The monoisotopic (exact) mass is 285 g/mol. The summed E-state index contributed by atoms with van der Waals surface area (Å²) < 4.78 is 3.41. The maximum atomic E-state index is 3.51. The predicted molar refractivity (Wildman–Crippen MR) is 75.2 cm³/mol. The third-order valence-corrected chi connectivity index (χ3v) is 3.42. The third-order valence-electron chi connectivity index (χ3n) is 2.92. The van der Waals surface area contributed by atoms with Crippen LogP contribution in [0.25, 0.3) is 10.9 Å². The molecule has 1 heterocycles. The molecule has 0 amide bonds. The molecule has 0 bridgehead atoms. The molecule has 0 N–H and O–H groups in total. The van der Waals surface area contributed by atoms with Crippen LogP contribution in [-0.4, -0.2) is 4.57 Å². The largest absolute Gasteiger partial charge is 0.343 e. The molecule has 0 atom stereocenters. The van der Waals surface area contributed by atoms with Gasteiger partial charge in [0, 0.05) is 22.7 Å². The first kappa shape index (κ1) is 10.6. The number of para-hydroxylation sites is 1. The van der Waals surface area contributed by atoms with E-state index in [0.29, 0.717) is 0 Å². The number of aromatic nitrogens is 1. The van der Waals surface area contributed by atoms with Gasteiger partial charge in [0.05, 0.1) is 0 Å². The van der Waals surface area contributed by atoms with Crippen molar-refractivity contribution < 1.29 is 0 Å². The molecule has 2 aromatic carbocycles. The molecule has 0 fully saturated rings. The van der Waals surface area contributed by atoms with Gasteiger partial charge in [-0.2, -0.15) is 0 Å². The van der Waals surface area contributed by atoms with Gasteiger partial charge in [0.2, 0.25) is 0 Å². The summed E-state index contributed by atoms with van der Waals surface area (Å²) in [5.74, 6) is 0. The number of benzene rings is 2. The van der Waals surface area contributed by atoms with Crippen molar-refractivity contribution in [3.05, 3.63) is 70.8 Å². The van der Waals surface area contributed by atoms with Crippen LogP contribution in [0.3, 0.4) is 0 Å². The summed E-state index contributed by atoms with van der Waals surface area (Å²) in [7, 11) is 0. The van der Waals surface area contributed by atoms with Crippen LogP contribution >= 0.6 is 15.9 Å². The van der Waals surface area contributed by atoms with Crippen molar-refractivity contribution in [2.24, 2.45) is 0 Å². The van der Waals surface area contributed by atoms with Gasteiger partial charge in [-0.05, 0) is 35.2 Å². The fraction of sp³-hybridized carbons (Fsp3) is 0.0667. The Morgan fingerprint density at radius 3 is 2.71 bits per heavy atom. The number of nitrogens with zero attached hydrogens (tertiary/aromatic N) is 1. The van der Waals surface area contributed by atoms with Gasteiger partial charge in [-0.3, -0.25) is 0 Å². The summed E-state index contributed by atoms with van der Waals surface area (Å²) in [5, 5.41) is 1.29. The molecular weight excluding hydrogens is 274 g/mol.